The first-order valence-electron chi connectivity index (χ1n) is 9.04. The van der Waals surface area contributed by atoms with Crippen LogP contribution in [0.5, 0.6) is 0 Å². The molecule has 1 aromatic rings. The molecule has 7 heteroatoms. The van der Waals surface area contributed by atoms with E-state index >= 15 is 0 Å². The molecule has 1 aromatic carbocycles. The molecule has 2 N–H and O–H groups in total. The van der Waals surface area contributed by atoms with Crippen molar-refractivity contribution < 1.29 is 0 Å². The van der Waals surface area contributed by atoms with Crippen molar-refractivity contribution in [1.29, 1.82) is 15.8 Å². The smallest absolute Gasteiger partial charge is 0.191 e. The molecule has 0 amide bonds. The van der Waals surface area contributed by atoms with Crippen LogP contribution in [0, 0.1) is 45.3 Å². The SMILES string of the molecule is CCCN1CC=C2C(C#N)=C(N)C(C#N)(C#N)[C@H](c3c(Cl)cccc3Cl)[C@@H]2C1. The molecule has 0 saturated heterocycles. The average Bonchev–Trinajstić information content (AvgIpc) is 2.69. The van der Waals surface area contributed by atoms with Crippen molar-refractivity contribution >= 4 is 23.2 Å². The minimum Gasteiger partial charge on any atom is -0.399 e. The number of hydrogen-bond donors (Lipinski definition) is 1. The molecule has 0 unspecified atom stereocenters. The molecule has 0 bridgehead atoms. The van der Waals surface area contributed by atoms with E-state index in [4.69, 9.17) is 28.9 Å². The first-order valence-corrected chi connectivity index (χ1v) is 9.80. The van der Waals surface area contributed by atoms with Crippen molar-refractivity contribution in [3.05, 3.63) is 56.7 Å². The van der Waals surface area contributed by atoms with E-state index in [2.05, 4.69) is 30.0 Å². The number of nitrogens with two attached hydrogens (primary N) is 1. The Hall–Kier alpha value is -2.49. The molecular weight excluding hydrogens is 393 g/mol. The molecule has 0 saturated carbocycles. The third-order valence-corrected chi connectivity index (χ3v) is 6.25. The van der Waals surface area contributed by atoms with Crippen LogP contribution >= 0.6 is 23.2 Å². The Kier molecular flexibility index (Phi) is 5.69. The minimum absolute atomic E-state index is 0.0209. The molecule has 1 aliphatic heterocycles. The zero-order valence-corrected chi connectivity index (χ0v) is 16.9. The van der Waals surface area contributed by atoms with E-state index in [1.54, 1.807) is 18.2 Å². The summed E-state index contributed by atoms with van der Waals surface area (Å²) in [7, 11) is 0. The lowest BCUT2D eigenvalue weighted by Gasteiger charge is -2.46. The fourth-order valence-corrected chi connectivity index (χ4v) is 4.99. The van der Waals surface area contributed by atoms with Crippen LogP contribution in [0.3, 0.4) is 0 Å². The van der Waals surface area contributed by atoms with Gasteiger partial charge in [-0.1, -0.05) is 42.3 Å². The molecule has 3 rings (SSSR count). The second kappa shape index (κ2) is 7.86. The van der Waals surface area contributed by atoms with E-state index in [0.29, 0.717) is 28.7 Å². The van der Waals surface area contributed by atoms with E-state index in [9.17, 15) is 15.8 Å². The summed E-state index contributed by atoms with van der Waals surface area (Å²) in [5, 5.41) is 30.7. The Labute approximate surface area is 174 Å². The molecule has 2 atom stereocenters. The van der Waals surface area contributed by atoms with Gasteiger partial charge in [0.25, 0.3) is 0 Å². The molecule has 0 radical (unpaired) electrons. The Morgan fingerprint density at radius 3 is 2.39 bits per heavy atom. The number of nitrogens with zero attached hydrogens (tertiary/aromatic N) is 4. The van der Waals surface area contributed by atoms with Crippen molar-refractivity contribution in [2.75, 3.05) is 19.6 Å². The maximum absolute atomic E-state index is 10.1. The van der Waals surface area contributed by atoms with Gasteiger partial charge in [0.15, 0.2) is 5.41 Å². The van der Waals surface area contributed by atoms with Gasteiger partial charge in [0, 0.05) is 35.0 Å². The van der Waals surface area contributed by atoms with Crippen molar-refractivity contribution in [2.24, 2.45) is 17.1 Å². The maximum Gasteiger partial charge on any atom is 0.191 e. The highest BCUT2D eigenvalue weighted by atomic mass is 35.5. The van der Waals surface area contributed by atoms with Crippen LogP contribution in [0.4, 0.5) is 0 Å². The van der Waals surface area contributed by atoms with Crippen molar-refractivity contribution in [1.82, 2.24) is 4.90 Å². The van der Waals surface area contributed by atoms with Gasteiger partial charge in [0.05, 0.1) is 23.4 Å². The van der Waals surface area contributed by atoms with Crippen LogP contribution < -0.4 is 5.73 Å². The van der Waals surface area contributed by atoms with Crippen molar-refractivity contribution in [3.8, 4) is 18.2 Å². The number of rotatable bonds is 3. The molecule has 142 valence electrons. The van der Waals surface area contributed by atoms with Gasteiger partial charge in [-0.05, 0) is 36.2 Å². The lowest BCUT2D eigenvalue weighted by molar-refractivity contribution is 0.207. The second-order valence-electron chi connectivity index (χ2n) is 7.07. The quantitative estimate of drug-likeness (QED) is 0.805. The number of halogens is 2. The van der Waals surface area contributed by atoms with Gasteiger partial charge < -0.3 is 5.73 Å². The zero-order valence-electron chi connectivity index (χ0n) is 15.4. The summed E-state index contributed by atoms with van der Waals surface area (Å²) < 4.78 is 0. The van der Waals surface area contributed by atoms with E-state index in [1.807, 2.05) is 6.08 Å². The van der Waals surface area contributed by atoms with Crippen LogP contribution in [0.15, 0.2) is 41.1 Å². The predicted octanol–water partition coefficient (Wildman–Crippen LogP) is 4.13. The standard InChI is InChI=1S/C21H19Cl2N5/c1-2-7-28-8-6-13-14(9-24)20(27)21(11-25,12-26)19(15(13)10-28)18-16(22)4-3-5-17(18)23/h3-6,15,19H,2,7-8,10,27H2,1H3/t15-,19+/m1/s1. The third-order valence-electron chi connectivity index (χ3n) is 5.59. The van der Waals surface area contributed by atoms with Crippen LogP contribution in [0.2, 0.25) is 10.0 Å². The van der Waals surface area contributed by atoms with Crippen LogP contribution in [0.25, 0.3) is 0 Å². The van der Waals surface area contributed by atoms with Crippen LogP contribution in [0.1, 0.15) is 24.8 Å². The maximum atomic E-state index is 10.1. The molecular formula is C21H19Cl2N5. The van der Waals surface area contributed by atoms with Gasteiger partial charge in [-0.2, -0.15) is 15.8 Å². The van der Waals surface area contributed by atoms with E-state index in [-0.39, 0.29) is 17.2 Å². The Bertz CT molecular complexity index is 955. The summed E-state index contributed by atoms with van der Waals surface area (Å²) in [5.74, 6) is -0.967. The summed E-state index contributed by atoms with van der Waals surface area (Å²) in [6, 6.07) is 11.4. The molecule has 2 aliphatic rings. The lowest BCUT2D eigenvalue weighted by Crippen LogP contribution is -2.48. The van der Waals surface area contributed by atoms with Gasteiger partial charge in [-0.3, -0.25) is 4.90 Å². The van der Waals surface area contributed by atoms with Crippen LogP contribution in [-0.4, -0.2) is 24.5 Å². The van der Waals surface area contributed by atoms with Gasteiger partial charge in [0.2, 0.25) is 0 Å². The van der Waals surface area contributed by atoms with Gasteiger partial charge in [0.1, 0.15) is 6.07 Å². The van der Waals surface area contributed by atoms with Crippen molar-refractivity contribution in [2.45, 2.75) is 19.3 Å². The largest absolute Gasteiger partial charge is 0.399 e. The molecule has 0 fully saturated rings. The molecule has 0 spiro atoms. The monoisotopic (exact) mass is 411 g/mol. The highest BCUT2D eigenvalue weighted by Crippen LogP contribution is 2.56. The molecule has 1 heterocycles. The minimum atomic E-state index is -1.73. The van der Waals surface area contributed by atoms with Crippen LogP contribution in [-0.2, 0) is 0 Å². The summed E-state index contributed by atoms with van der Waals surface area (Å²) in [6.07, 6.45) is 2.95. The first kappa shape index (κ1) is 20.2. The summed E-state index contributed by atoms with van der Waals surface area (Å²) in [6.45, 7) is 4.25. The number of nitriles is 3. The average molecular weight is 412 g/mol. The Morgan fingerprint density at radius 1 is 1.21 bits per heavy atom. The van der Waals surface area contributed by atoms with E-state index < -0.39 is 11.3 Å². The summed E-state index contributed by atoms with van der Waals surface area (Å²) >= 11 is 13.0. The Morgan fingerprint density at radius 2 is 1.86 bits per heavy atom. The van der Waals surface area contributed by atoms with Gasteiger partial charge >= 0.3 is 0 Å². The second-order valence-corrected chi connectivity index (χ2v) is 7.89. The fourth-order valence-electron chi connectivity index (χ4n) is 4.36. The number of hydrogen-bond acceptors (Lipinski definition) is 5. The first-order chi connectivity index (χ1) is 13.4. The molecule has 0 aromatic heterocycles. The van der Waals surface area contributed by atoms with Gasteiger partial charge in [-0.15, -0.1) is 0 Å². The third kappa shape index (κ3) is 2.95. The summed E-state index contributed by atoms with van der Waals surface area (Å²) in [4.78, 5) is 2.24. The number of fused-ring (bicyclic) bond motifs is 1. The molecule has 1 aliphatic carbocycles. The zero-order chi connectivity index (χ0) is 20.5. The Balaban J connectivity index is 2.34. The van der Waals surface area contributed by atoms with Gasteiger partial charge in [-0.25, -0.2) is 0 Å². The summed E-state index contributed by atoms with van der Waals surface area (Å²) in [5.41, 5.74) is 6.07. The predicted molar refractivity (Wildman–Crippen MR) is 108 cm³/mol. The lowest BCUT2D eigenvalue weighted by atomic mass is 9.58. The number of allylic oxidation sites excluding steroid dienone is 2. The normalized spacial score (nSPS) is 23.8. The molecule has 28 heavy (non-hydrogen) atoms. The van der Waals surface area contributed by atoms with E-state index in [1.165, 1.54) is 0 Å². The van der Waals surface area contributed by atoms with Crippen molar-refractivity contribution in [3.63, 3.8) is 0 Å². The highest BCUT2D eigenvalue weighted by molar-refractivity contribution is 6.36. The number of benzene rings is 1. The fraction of sp³-hybridized carbons (Fsp3) is 0.381. The van der Waals surface area contributed by atoms with E-state index in [0.717, 1.165) is 18.5 Å². The topological polar surface area (TPSA) is 101 Å². The molecule has 5 nitrogen and oxygen atoms in total. The highest BCUT2D eigenvalue weighted by Gasteiger charge is 2.55.